The van der Waals surface area contributed by atoms with Gasteiger partial charge in [-0.1, -0.05) is 0 Å². The molecular formula is C11H15N5. The van der Waals surface area contributed by atoms with E-state index >= 15 is 0 Å². The van der Waals surface area contributed by atoms with Crippen LogP contribution in [0.15, 0.2) is 18.5 Å². The molecule has 0 aromatic carbocycles. The largest absolute Gasteiger partial charge is 0.338 e. The highest BCUT2D eigenvalue weighted by Crippen LogP contribution is 2.11. The Labute approximate surface area is 95.3 Å². The zero-order valence-corrected chi connectivity index (χ0v) is 9.37. The summed E-state index contributed by atoms with van der Waals surface area (Å²) in [5.74, 6) is 0.784. The molecule has 0 amide bonds. The van der Waals surface area contributed by atoms with Gasteiger partial charge in [0.05, 0.1) is 12.1 Å². The fourth-order valence-corrected chi connectivity index (χ4v) is 1.85. The summed E-state index contributed by atoms with van der Waals surface area (Å²) in [5.41, 5.74) is 0. The second-order valence-electron chi connectivity index (χ2n) is 3.88. The summed E-state index contributed by atoms with van der Waals surface area (Å²) in [4.78, 5) is 12.8. The maximum atomic E-state index is 8.84. The first-order valence-electron chi connectivity index (χ1n) is 5.47. The van der Waals surface area contributed by atoms with Crippen molar-refractivity contribution in [2.45, 2.75) is 13.0 Å². The monoisotopic (exact) mass is 217 g/mol. The van der Waals surface area contributed by atoms with Crippen LogP contribution in [0.4, 0.5) is 5.95 Å². The van der Waals surface area contributed by atoms with E-state index in [9.17, 15) is 0 Å². The molecule has 0 unspecified atom stereocenters. The molecule has 0 N–H and O–H groups in total. The number of hydrogen-bond acceptors (Lipinski definition) is 5. The average molecular weight is 217 g/mol. The van der Waals surface area contributed by atoms with Crippen molar-refractivity contribution in [2.24, 2.45) is 0 Å². The molecule has 0 bridgehead atoms. The van der Waals surface area contributed by atoms with E-state index in [1.165, 1.54) is 0 Å². The normalized spacial score (nSPS) is 19.1. The van der Waals surface area contributed by atoms with E-state index in [1.807, 2.05) is 13.0 Å². The minimum absolute atomic E-state index is 0.00107. The first-order valence-corrected chi connectivity index (χ1v) is 5.47. The van der Waals surface area contributed by atoms with Crippen molar-refractivity contribution in [1.29, 1.82) is 5.26 Å². The summed E-state index contributed by atoms with van der Waals surface area (Å²) < 4.78 is 0. The molecule has 0 aliphatic carbocycles. The van der Waals surface area contributed by atoms with Gasteiger partial charge in [0.15, 0.2) is 0 Å². The Morgan fingerprint density at radius 3 is 2.44 bits per heavy atom. The minimum Gasteiger partial charge on any atom is -0.338 e. The molecule has 0 saturated carbocycles. The van der Waals surface area contributed by atoms with E-state index in [0.29, 0.717) is 0 Å². The molecule has 2 rings (SSSR count). The lowest BCUT2D eigenvalue weighted by Gasteiger charge is -2.35. The van der Waals surface area contributed by atoms with Crippen molar-refractivity contribution in [1.82, 2.24) is 14.9 Å². The lowest BCUT2D eigenvalue weighted by atomic mass is 10.2. The first-order chi connectivity index (χ1) is 7.81. The molecule has 2 heterocycles. The van der Waals surface area contributed by atoms with Crippen LogP contribution in [0.25, 0.3) is 0 Å². The molecule has 84 valence electrons. The molecule has 16 heavy (non-hydrogen) atoms. The predicted molar refractivity (Wildman–Crippen MR) is 60.9 cm³/mol. The molecule has 1 fully saturated rings. The Morgan fingerprint density at radius 2 is 1.88 bits per heavy atom. The first kappa shape index (κ1) is 10.8. The number of piperazine rings is 1. The minimum atomic E-state index is -0.00107. The molecule has 1 aromatic heterocycles. The summed E-state index contributed by atoms with van der Waals surface area (Å²) in [6.45, 7) is 5.50. The van der Waals surface area contributed by atoms with Crippen molar-refractivity contribution in [2.75, 3.05) is 31.1 Å². The topological polar surface area (TPSA) is 56.1 Å². The Balaban J connectivity index is 1.94. The lowest BCUT2D eigenvalue weighted by Crippen LogP contribution is -2.49. The third-order valence-electron chi connectivity index (χ3n) is 2.88. The van der Waals surface area contributed by atoms with Gasteiger partial charge in [0, 0.05) is 38.6 Å². The van der Waals surface area contributed by atoms with Crippen LogP contribution in [-0.4, -0.2) is 47.1 Å². The molecule has 5 heteroatoms. The van der Waals surface area contributed by atoms with Crippen LogP contribution in [0.3, 0.4) is 0 Å². The van der Waals surface area contributed by atoms with Crippen LogP contribution in [0.1, 0.15) is 6.92 Å². The Hall–Kier alpha value is -1.67. The van der Waals surface area contributed by atoms with Crippen LogP contribution in [0, 0.1) is 11.3 Å². The number of nitriles is 1. The van der Waals surface area contributed by atoms with Crippen LogP contribution in [-0.2, 0) is 0 Å². The Bertz CT molecular complexity index is 364. The van der Waals surface area contributed by atoms with E-state index in [2.05, 4.69) is 25.8 Å². The quantitative estimate of drug-likeness (QED) is 0.722. The van der Waals surface area contributed by atoms with Gasteiger partial charge in [0.2, 0.25) is 5.95 Å². The van der Waals surface area contributed by atoms with Gasteiger partial charge < -0.3 is 4.90 Å². The number of anilines is 1. The average Bonchev–Trinajstić information content (AvgIpc) is 2.39. The fourth-order valence-electron chi connectivity index (χ4n) is 1.85. The maximum Gasteiger partial charge on any atom is 0.225 e. The molecule has 1 aliphatic heterocycles. The van der Waals surface area contributed by atoms with E-state index in [1.54, 1.807) is 12.4 Å². The van der Waals surface area contributed by atoms with Crippen molar-refractivity contribution in [3.8, 4) is 6.07 Å². The zero-order valence-electron chi connectivity index (χ0n) is 9.37. The van der Waals surface area contributed by atoms with E-state index < -0.39 is 0 Å². The highest BCUT2D eigenvalue weighted by atomic mass is 15.3. The van der Waals surface area contributed by atoms with E-state index in [4.69, 9.17) is 5.26 Å². The summed E-state index contributed by atoms with van der Waals surface area (Å²) in [6.07, 6.45) is 3.51. The summed E-state index contributed by atoms with van der Waals surface area (Å²) >= 11 is 0. The highest BCUT2D eigenvalue weighted by Gasteiger charge is 2.21. The van der Waals surface area contributed by atoms with Gasteiger partial charge in [-0.15, -0.1) is 0 Å². The standard InChI is InChI=1S/C11H15N5/c1-10(9-12)15-5-7-16(8-6-15)11-13-3-2-4-14-11/h2-4,10H,5-8H2,1H3/t10-/m0/s1. The van der Waals surface area contributed by atoms with Gasteiger partial charge in [-0.2, -0.15) is 5.26 Å². The summed E-state index contributed by atoms with van der Waals surface area (Å²) in [6, 6.07) is 4.08. The lowest BCUT2D eigenvalue weighted by molar-refractivity contribution is 0.230. The Kier molecular flexibility index (Phi) is 3.32. The maximum absolute atomic E-state index is 8.84. The van der Waals surface area contributed by atoms with Crippen LogP contribution in [0.5, 0.6) is 0 Å². The third kappa shape index (κ3) is 2.28. The molecule has 1 saturated heterocycles. The number of aromatic nitrogens is 2. The van der Waals surface area contributed by atoms with Gasteiger partial charge in [0.1, 0.15) is 0 Å². The van der Waals surface area contributed by atoms with Crippen molar-refractivity contribution < 1.29 is 0 Å². The van der Waals surface area contributed by atoms with Crippen molar-refractivity contribution in [3.63, 3.8) is 0 Å². The second-order valence-corrected chi connectivity index (χ2v) is 3.88. The third-order valence-corrected chi connectivity index (χ3v) is 2.88. The summed E-state index contributed by atoms with van der Waals surface area (Å²) in [5, 5.41) is 8.84. The van der Waals surface area contributed by atoms with Gasteiger partial charge in [0.25, 0.3) is 0 Å². The highest BCUT2D eigenvalue weighted by molar-refractivity contribution is 5.29. The molecule has 1 atom stereocenters. The van der Waals surface area contributed by atoms with Gasteiger partial charge in [-0.25, -0.2) is 9.97 Å². The molecule has 5 nitrogen and oxygen atoms in total. The van der Waals surface area contributed by atoms with Gasteiger partial charge >= 0.3 is 0 Å². The SMILES string of the molecule is C[C@@H](C#N)N1CCN(c2ncccn2)CC1. The van der Waals surface area contributed by atoms with Crippen LogP contribution in [0.2, 0.25) is 0 Å². The molecule has 1 aromatic rings. The number of nitrogens with zero attached hydrogens (tertiary/aromatic N) is 5. The molecule has 0 spiro atoms. The van der Waals surface area contributed by atoms with E-state index in [0.717, 1.165) is 32.1 Å². The zero-order chi connectivity index (χ0) is 11.4. The van der Waals surface area contributed by atoms with E-state index in [-0.39, 0.29) is 6.04 Å². The number of hydrogen-bond donors (Lipinski definition) is 0. The summed E-state index contributed by atoms with van der Waals surface area (Å²) in [7, 11) is 0. The molecule has 0 radical (unpaired) electrons. The van der Waals surface area contributed by atoms with Crippen LogP contribution < -0.4 is 4.90 Å². The molecular weight excluding hydrogens is 202 g/mol. The predicted octanol–water partition coefficient (Wildman–Crippen LogP) is 0.511. The molecule has 1 aliphatic rings. The Morgan fingerprint density at radius 1 is 1.25 bits per heavy atom. The van der Waals surface area contributed by atoms with Gasteiger partial charge in [-0.05, 0) is 13.0 Å². The second kappa shape index (κ2) is 4.90. The van der Waals surface area contributed by atoms with Crippen molar-refractivity contribution in [3.05, 3.63) is 18.5 Å². The van der Waals surface area contributed by atoms with Gasteiger partial charge in [-0.3, -0.25) is 4.90 Å². The number of rotatable bonds is 2. The van der Waals surface area contributed by atoms with Crippen LogP contribution >= 0.6 is 0 Å². The smallest absolute Gasteiger partial charge is 0.225 e. The van der Waals surface area contributed by atoms with Crippen molar-refractivity contribution >= 4 is 5.95 Å². The fraction of sp³-hybridized carbons (Fsp3) is 0.545.